The molecule has 1 saturated heterocycles. The standard InChI is InChI=1S/C12H17BF2N2O2/c1-6-12(14,15)17-8-9(7-16-17)13-18-10(2,3)11(4,5)19-13/h6-8H,1H2,2-5H3. The van der Waals surface area contributed by atoms with Gasteiger partial charge < -0.3 is 9.31 Å². The Balaban J connectivity index is 2.24. The van der Waals surface area contributed by atoms with E-state index in [-0.39, 0.29) is 0 Å². The van der Waals surface area contributed by atoms with Gasteiger partial charge in [0.2, 0.25) is 0 Å². The molecule has 1 aromatic heterocycles. The molecule has 0 spiro atoms. The van der Waals surface area contributed by atoms with E-state index >= 15 is 0 Å². The molecule has 19 heavy (non-hydrogen) atoms. The Kier molecular flexibility index (Phi) is 3.10. The summed E-state index contributed by atoms with van der Waals surface area (Å²) < 4.78 is 38.8. The van der Waals surface area contributed by atoms with E-state index in [1.807, 2.05) is 27.7 Å². The van der Waals surface area contributed by atoms with Crippen LogP contribution in [0.4, 0.5) is 8.78 Å². The maximum absolute atomic E-state index is 13.4. The van der Waals surface area contributed by atoms with Crippen LogP contribution in [0.5, 0.6) is 0 Å². The maximum Gasteiger partial charge on any atom is 0.498 e. The lowest BCUT2D eigenvalue weighted by Crippen LogP contribution is -2.41. The molecule has 1 aliphatic heterocycles. The first kappa shape index (κ1) is 14.2. The fraction of sp³-hybridized carbons (Fsp3) is 0.583. The molecule has 1 fully saturated rings. The number of nitrogens with zero attached hydrogens (tertiary/aromatic N) is 2. The molecule has 4 nitrogen and oxygen atoms in total. The van der Waals surface area contributed by atoms with Crippen LogP contribution in [0.25, 0.3) is 0 Å². The molecule has 0 aromatic carbocycles. The second-order valence-corrected chi connectivity index (χ2v) is 5.60. The van der Waals surface area contributed by atoms with Crippen LogP contribution in [-0.4, -0.2) is 28.1 Å². The highest BCUT2D eigenvalue weighted by molar-refractivity contribution is 6.62. The van der Waals surface area contributed by atoms with E-state index in [0.717, 1.165) is 0 Å². The van der Waals surface area contributed by atoms with E-state index in [1.165, 1.54) is 12.4 Å². The fourth-order valence-corrected chi connectivity index (χ4v) is 1.69. The summed E-state index contributed by atoms with van der Waals surface area (Å²) in [5, 5.41) is 3.63. The van der Waals surface area contributed by atoms with Crippen LogP contribution in [0.3, 0.4) is 0 Å². The van der Waals surface area contributed by atoms with Crippen molar-refractivity contribution in [3.05, 3.63) is 25.0 Å². The van der Waals surface area contributed by atoms with Crippen molar-refractivity contribution in [2.75, 3.05) is 0 Å². The minimum absolute atomic E-state index is 0.458. The van der Waals surface area contributed by atoms with Crippen molar-refractivity contribution in [2.45, 2.75) is 44.9 Å². The lowest BCUT2D eigenvalue weighted by molar-refractivity contribution is -0.0393. The van der Waals surface area contributed by atoms with E-state index in [9.17, 15) is 8.78 Å². The quantitative estimate of drug-likeness (QED) is 0.622. The van der Waals surface area contributed by atoms with E-state index in [1.54, 1.807) is 0 Å². The van der Waals surface area contributed by atoms with Gasteiger partial charge in [-0.1, -0.05) is 6.58 Å². The summed E-state index contributed by atoms with van der Waals surface area (Å²) in [5.74, 6) is 0. The predicted molar refractivity (Wildman–Crippen MR) is 68.3 cm³/mol. The number of rotatable bonds is 3. The van der Waals surface area contributed by atoms with Crippen LogP contribution in [0, 0.1) is 0 Å². The van der Waals surface area contributed by atoms with Gasteiger partial charge in [-0.05, 0) is 27.7 Å². The van der Waals surface area contributed by atoms with Crippen molar-refractivity contribution in [3.63, 3.8) is 0 Å². The summed E-state index contributed by atoms with van der Waals surface area (Å²) in [6.07, 6.45) is 3.07. The Morgan fingerprint density at radius 1 is 1.32 bits per heavy atom. The average molecular weight is 270 g/mol. The summed E-state index contributed by atoms with van der Waals surface area (Å²) >= 11 is 0. The zero-order valence-corrected chi connectivity index (χ0v) is 11.5. The van der Waals surface area contributed by atoms with Gasteiger partial charge in [-0.25, -0.2) is 4.68 Å². The van der Waals surface area contributed by atoms with Gasteiger partial charge in [0.05, 0.1) is 11.2 Å². The molecule has 0 amide bonds. The number of alkyl halides is 2. The average Bonchev–Trinajstić information content (AvgIpc) is 2.83. The fourth-order valence-electron chi connectivity index (χ4n) is 1.69. The zero-order chi connectivity index (χ0) is 14.5. The molecule has 1 aliphatic rings. The summed E-state index contributed by atoms with van der Waals surface area (Å²) in [6.45, 7) is 10.7. The summed E-state index contributed by atoms with van der Waals surface area (Å²) in [4.78, 5) is 0. The number of hydrogen-bond acceptors (Lipinski definition) is 3. The van der Waals surface area contributed by atoms with Crippen LogP contribution in [0.2, 0.25) is 0 Å². The van der Waals surface area contributed by atoms with Crippen LogP contribution in [0.15, 0.2) is 25.0 Å². The van der Waals surface area contributed by atoms with E-state index in [0.29, 0.717) is 16.2 Å². The molecule has 0 saturated carbocycles. The van der Waals surface area contributed by atoms with Crippen LogP contribution in [0.1, 0.15) is 27.7 Å². The number of halogens is 2. The minimum Gasteiger partial charge on any atom is -0.399 e. The first-order valence-electron chi connectivity index (χ1n) is 6.01. The Morgan fingerprint density at radius 2 is 1.84 bits per heavy atom. The van der Waals surface area contributed by atoms with E-state index < -0.39 is 24.4 Å². The lowest BCUT2D eigenvalue weighted by Gasteiger charge is -2.32. The molecule has 0 unspecified atom stereocenters. The predicted octanol–water partition coefficient (Wildman–Crippen LogP) is 1.92. The molecule has 7 heteroatoms. The van der Waals surface area contributed by atoms with Crippen molar-refractivity contribution in [2.24, 2.45) is 0 Å². The first-order chi connectivity index (χ1) is 8.59. The number of hydrogen-bond donors (Lipinski definition) is 0. The Hall–Kier alpha value is -1.21. The zero-order valence-electron chi connectivity index (χ0n) is 11.5. The monoisotopic (exact) mass is 270 g/mol. The summed E-state index contributed by atoms with van der Waals surface area (Å²) in [6, 6.07) is -3.22. The molecule has 0 bridgehead atoms. The second-order valence-electron chi connectivity index (χ2n) is 5.60. The summed E-state index contributed by atoms with van der Waals surface area (Å²) in [5.41, 5.74) is -0.568. The van der Waals surface area contributed by atoms with Gasteiger partial charge in [-0.2, -0.15) is 13.9 Å². The van der Waals surface area contributed by atoms with Gasteiger partial charge in [0, 0.05) is 23.9 Å². The Labute approximate surface area is 111 Å². The maximum atomic E-state index is 13.4. The molecule has 0 N–H and O–H groups in total. The third-order valence-corrected chi connectivity index (χ3v) is 3.68. The molecule has 1 aromatic rings. The van der Waals surface area contributed by atoms with Crippen molar-refractivity contribution in [1.82, 2.24) is 9.78 Å². The SMILES string of the molecule is C=CC(F)(F)n1cc(B2OC(C)(C)C(C)(C)O2)cn1. The van der Waals surface area contributed by atoms with Crippen molar-refractivity contribution in [3.8, 4) is 0 Å². The van der Waals surface area contributed by atoms with Gasteiger partial charge in [0.15, 0.2) is 0 Å². The first-order valence-corrected chi connectivity index (χ1v) is 6.01. The third kappa shape index (κ3) is 2.32. The molecule has 0 atom stereocenters. The highest BCUT2D eigenvalue weighted by Gasteiger charge is 2.52. The number of aromatic nitrogens is 2. The van der Waals surface area contributed by atoms with Crippen molar-refractivity contribution < 1.29 is 18.1 Å². The molecule has 2 heterocycles. The number of allylic oxidation sites excluding steroid dienone is 1. The van der Waals surface area contributed by atoms with Gasteiger partial charge in [-0.3, -0.25) is 0 Å². The second kappa shape index (κ2) is 4.14. The lowest BCUT2D eigenvalue weighted by atomic mass is 9.82. The van der Waals surface area contributed by atoms with E-state index in [2.05, 4.69) is 11.7 Å². The molecular weight excluding hydrogens is 253 g/mol. The minimum atomic E-state index is -3.22. The van der Waals surface area contributed by atoms with Crippen molar-refractivity contribution >= 4 is 12.6 Å². The molecule has 104 valence electrons. The third-order valence-electron chi connectivity index (χ3n) is 3.68. The summed E-state index contributed by atoms with van der Waals surface area (Å²) in [7, 11) is -0.695. The molecule has 2 rings (SSSR count). The van der Waals surface area contributed by atoms with Crippen LogP contribution in [-0.2, 0) is 15.4 Å². The van der Waals surface area contributed by atoms with Gasteiger partial charge in [-0.15, -0.1) is 0 Å². The largest absolute Gasteiger partial charge is 0.498 e. The molecule has 0 aliphatic carbocycles. The van der Waals surface area contributed by atoms with Crippen molar-refractivity contribution in [1.29, 1.82) is 0 Å². The smallest absolute Gasteiger partial charge is 0.399 e. The van der Waals surface area contributed by atoms with Gasteiger partial charge in [0.1, 0.15) is 0 Å². The normalized spacial score (nSPS) is 21.7. The Bertz CT molecular complexity index is 484. The molecular formula is C12H17BF2N2O2. The Morgan fingerprint density at radius 3 is 2.32 bits per heavy atom. The molecule has 0 radical (unpaired) electrons. The highest BCUT2D eigenvalue weighted by atomic mass is 19.3. The van der Waals surface area contributed by atoms with Gasteiger partial charge in [0.25, 0.3) is 0 Å². The van der Waals surface area contributed by atoms with Crippen LogP contribution < -0.4 is 5.46 Å². The van der Waals surface area contributed by atoms with Gasteiger partial charge >= 0.3 is 13.2 Å². The topological polar surface area (TPSA) is 36.3 Å². The van der Waals surface area contributed by atoms with Crippen LogP contribution >= 0.6 is 0 Å². The highest BCUT2D eigenvalue weighted by Crippen LogP contribution is 2.36. The van der Waals surface area contributed by atoms with E-state index in [4.69, 9.17) is 9.31 Å².